The molecule has 3 N–H and O–H groups in total. The lowest BCUT2D eigenvalue weighted by molar-refractivity contribution is -0.149. The van der Waals surface area contributed by atoms with Crippen LogP contribution in [-0.4, -0.2) is 24.0 Å². The van der Waals surface area contributed by atoms with Gasteiger partial charge in [-0.15, -0.1) is 0 Å². The Balaban J connectivity index is 2.52. The average molecular weight is 306 g/mol. The number of nitrogens with one attached hydrogen (secondary N) is 1. The fraction of sp³-hybridized carbons (Fsp3) is 0.529. The van der Waals surface area contributed by atoms with Crippen molar-refractivity contribution in [3.05, 3.63) is 35.9 Å². The van der Waals surface area contributed by atoms with Crippen LogP contribution < -0.4 is 11.1 Å². The fourth-order valence-electron chi connectivity index (χ4n) is 1.94. The highest BCUT2D eigenvalue weighted by atomic mass is 16.5. The summed E-state index contributed by atoms with van der Waals surface area (Å²) in [5.74, 6) is -0.674. The molecule has 0 saturated carbocycles. The predicted molar refractivity (Wildman–Crippen MR) is 85.9 cm³/mol. The maximum atomic E-state index is 12.1. The van der Waals surface area contributed by atoms with Crippen molar-refractivity contribution in [2.45, 2.75) is 52.3 Å². The molecule has 3 atom stereocenters. The number of amides is 1. The molecule has 5 nitrogen and oxygen atoms in total. The van der Waals surface area contributed by atoms with Crippen LogP contribution in [-0.2, 0) is 20.9 Å². The number of hydrogen-bond donors (Lipinski definition) is 2. The van der Waals surface area contributed by atoms with Crippen LogP contribution in [0.4, 0.5) is 0 Å². The Kier molecular flexibility index (Phi) is 7.60. The van der Waals surface area contributed by atoms with Gasteiger partial charge < -0.3 is 15.8 Å². The zero-order chi connectivity index (χ0) is 16.5. The van der Waals surface area contributed by atoms with Crippen molar-refractivity contribution in [3.8, 4) is 0 Å². The number of ether oxygens (including phenoxy) is 1. The Labute approximate surface area is 132 Å². The molecule has 0 aromatic heterocycles. The molecule has 1 amide bonds. The lowest BCUT2D eigenvalue weighted by atomic mass is 9.99. The van der Waals surface area contributed by atoms with Gasteiger partial charge in [-0.25, -0.2) is 4.79 Å². The van der Waals surface area contributed by atoms with Crippen molar-refractivity contribution >= 4 is 11.9 Å². The van der Waals surface area contributed by atoms with Gasteiger partial charge in [0.1, 0.15) is 12.6 Å². The fourth-order valence-corrected chi connectivity index (χ4v) is 1.94. The standard InChI is InChI=1S/C17H26N2O3/c1-4-12(3)15(18)16(20)19-14(5-2)17(21)22-11-13-9-7-6-8-10-13/h6-10,12,14-15H,4-5,11,18H2,1-3H3,(H,19,20)/t12-,14-,15-/m0/s1. The highest BCUT2D eigenvalue weighted by Gasteiger charge is 2.25. The molecule has 22 heavy (non-hydrogen) atoms. The first-order valence-electron chi connectivity index (χ1n) is 7.76. The van der Waals surface area contributed by atoms with Gasteiger partial charge in [-0.05, 0) is 17.9 Å². The summed E-state index contributed by atoms with van der Waals surface area (Å²) in [6.07, 6.45) is 1.27. The number of benzene rings is 1. The minimum atomic E-state index is -0.661. The van der Waals surface area contributed by atoms with Crippen LogP contribution in [0.25, 0.3) is 0 Å². The molecule has 1 aromatic rings. The monoisotopic (exact) mass is 306 g/mol. The molecule has 0 aliphatic heterocycles. The van der Waals surface area contributed by atoms with E-state index in [-0.39, 0.29) is 18.4 Å². The molecule has 0 aliphatic rings. The van der Waals surface area contributed by atoms with Crippen LogP contribution in [0.1, 0.15) is 39.2 Å². The summed E-state index contributed by atoms with van der Waals surface area (Å²) in [5, 5.41) is 2.68. The summed E-state index contributed by atoms with van der Waals surface area (Å²) >= 11 is 0. The molecule has 1 rings (SSSR count). The van der Waals surface area contributed by atoms with Gasteiger partial charge >= 0.3 is 5.97 Å². The Morgan fingerprint density at radius 2 is 1.82 bits per heavy atom. The molecular weight excluding hydrogens is 280 g/mol. The van der Waals surface area contributed by atoms with Gasteiger partial charge in [-0.2, -0.15) is 0 Å². The Morgan fingerprint density at radius 3 is 2.36 bits per heavy atom. The van der Waals surface area contributed by atoms with Crippen LogP contribution in [0.3, 0.4) is 0 Å². The third kappa shape index (κ3) is 5.48. The molecule has 0 aliphatic carbocycles. The van der Waals surface area contributed by atoms with Gasteiger partial charge in [0.05, 0.1) is 6.04 Å². The summed E-state index contributed by atoms with van der Waals surface area (Å²) in [7, 11) is 0. The molecule has 0 spiro atoms. The van der Waals surface area contributed by atoms with E-state index in [0.29, 0.717) is 6.42 Å². The third-order valence-corrected chi connectivity index (χ3v) is 3.79. The SMILES string of the molecule is CC[C@H](NC(=O)[C@@H](N)[C@@H](C)CC)C(=O)OCc1ccccc1. The van der Waals surface area contributed by atoms with E-state index in [4.69, 9.17) is 10.5 Å². The van der Waals surface area contributed by atoms with Gasteiger partial charge in [0.2, 0.25) is 5.91 Å². The van der Waals surface area contributed by atoms with Crippen LogP contribution in [0.5, 0.6) is 0 Å². The first-order valence-corrected chi connectivity index (χ1v) is 7.76. The highest BCUT2D eigenvalue weighted by molar-refractivity contribution is 5.87. The van der Waals surface area contributed by atoms with Crippen LogP contribution in [0, 0.1) is 5.92 Å². The summed E-state index contributed by atoms with van der Waals surface area (Å²) in [6, 6.07) is 8.15. The lowest BCUT2D eigenvalue weighted by Crippen LogP contribution is -2.50. The zero-order valence-corrected chi connectivity index (χ0v) is 13.5. The maximum absolute atomic E-state index is 12.1. The molecule has 0 fully saturated rings. The Bertz CT molecular complexity index is 476. The van der Waals surface area contributed by atoms with Crippen LogP contribution in [0.15, 0.2) is 30.3 Å². The van der Waals surface area contributed by atoms with Crippen LogP contribution >= 0.6 is 0 Å². The molecule has 122 valence electrons. The lowest BCUT2D eigenvalue weighted by Gasteiger charge is -2.21. The molecule has 1 aromatic carbocycles. The number of carbonyl (C=O) groups excluding carboxylic acids is 2. The second-order valence-electron chi connectivity index (χ2n) is 5.47. The van der Waals surface area contributed by atoms with Gasteiger partial charge in [0, 0.05) is 0 Å². The molecular formula is C17H26N2O3. The second kappa shape index (κ2) is 9.20. The third-order valence-electron chi connectivity index (χ3n) is 3.79. The number of rotatable bonds is 8. The van der Waals surface area contributed by atoms with Crippen molar-refractivity contribution in [1.29, 1.82) is 0 Å². The van der Waals surface area contributed by atoms with E-state index in [1.54, 1.807) is 0 Å². The average Bonchev–Trinajstić information content (AvgIpc) is 2.56. The van der Waals surface area contributed by atoms with E-state index in [0.717, 1.165) is 12.0 Å². The van der Waals surface area contributed by atoms with Crippen molar-refractivity contribution in [2.75, 3.05) is 0 Å². The molecule has 0 saturated heterocycles. The van der Waals surface area contributed by atoms with E-state index in [1.807, 2.05) is 51.1 Å². The van der Waals surface area contributed by atoms with Crippen molar-refractivity contribution in [2.24, 2.45) is 11.7 Å². The van der Waals surface area contributed by atoms with Gasteiger partial charge in [-0.3, -0.25) is 4.79 Å². The van der Waals surface area contributed by atoms with E-state index < -0.39 is 18.1 Å². The topological polar surface area (TPSA) is 81.4 Å². The first-order chi connectivity index (χ1) is 10.5. The molecule has 0 bridgehead atoms. The zero-order valence-electron chi connectivity index (χ0n) is 13.5. The summed E-state index contributed by atoms with van der Waals surface area (Å²) in [5.41, 5.74) is 6.79. The van der Waals surface area contributed by atoms with E-state index in [1.165, 1.54) is 0 Å². The largest absolute Gasteiger partial charge is 0.459 e. The smallest absolute Gasteiger partial charge is 0.328 e. The molecule has 0 radical (unpaired) electrons. The predicted octanol–water partition coefficient (Wildman–Crippen LogP) is 2.00. The molecule has 0 heterocycles. The van der Waals surface area contributed by atoms with Crippen molar-refractivity contribution < 1.29 is 14.3 Å². The summed E-state index contributed by atoms with van der Waals surface area (Å²) in [6.45, 7) is 5.91. The quantitative estimate of drug-likeness (QED) is 0.720. The molecule has 5 heteroatoms. The minimum absolute atomic E-state index is 0.0674. The van der Waals surface area contributed by atoms with E-state index in [9.17, 15) is 9.59 Å². The van der Waals surface area contributed by atoms with Gasteiger partial charge in [0.15, 0.2) is 0 Å². The summed E-state index contributed by atoms with van der Waals surface area (Å²) < 4.78 is 5.25. The van der Waals surface area contributed by atoms with Crippen molar-refractivity contribution in [3.63, 3.8) is 0 Å². The van der Waals surface area contributed by atoms with Gasteiger partial charge in [0.25, 0.3) is 0 Å². The maximum Gasteiger partial charge on any atom is 0.328 e. The summed E-state index contributed by atoms with van der Waals surface area (Å²) in [4.78, 5) is 24.1. The highest BCUT2D eigenvalue weighted by Crippen LogP contribution is 2.07. The number of esters is 1. The number of carbonyl (C=O) groups is 2. The van der Waals surface area contributed by atoms with E-state index >= 15 is 0 Å². The minimum Gasteiger partial charge on any atom is -0.459 e. The second-order valence-corrected chi connectivity index (χ2v) is 5.47. The normalized spacial score (nSPS) is 14.7. The van der Waals surface area contributed by atoms with E-state index in [2.05, 4.69) is 5.32 Å². The first kappa shape index (κ1) is 18.2. The van der Waals surface area contributed by atoms with Crippen LogP contribution in [0.2, 0.25) is 0 Å². The number of hydrogen-bond acceptors (Lipinski definition) is 4. The number of nitrogens with two attached hydrogens (primary N) is 1. The molecule has 0 unspecified atom stereocenters. The van der Waals surface area contributed by atoms with Crippen molar-refractivity contribution in [1.82, 2.24) is 5.32 Å². The van der Waals surface area contributed by atoms with Gasteiger partial charge in [-0.1, -0.05) is 57.5 Å². The Hall–Kier alpha value is -1.88. The Morgan fingerprint density at radius 1 is 1.18 bits per heavy atom.